The average Bonchev–Trinajstić information content (AvgIpc) is 2.70. The molecule has 0 aliphatic carbocycles. The number of rotatable bonds is 5. The molecule has 3 rings (SSSR count). The van der Waals surface area contributed by atoms with E-state index in [4.69, 9.17) is 4.74 Å². The normalized spacial score (nSPS) is 14.9. The van der Waals surface area contributed by atoms with Crippen molar-refractivity contribution in [3.05, 3.63) is 60.2 Å². The van der Waals surface area contributed by atoms with E-state index in [2.05, 4.69) is 15.4 Å². The molecule has 0 aromatic heterocycles. The lowest BCUT2D eigenvalue weighted by Crippen LogP contribution is -2.40. The number of ether oxygens (including phenoxy) is 1. The molecular formula is C20H23N3O2. The number of para-hydroxylation sites is 2. The molecule has 1 aliphatic heterocycles. The van der Waals surface area contributed by atoms with Crippen LogP contribution >= 0.6 is 0 Å². The zero-order chi connectivity index (χ0) is 17.5. The molecule has 0 spiro atoms. The Morgan fingerprint density at radius 1 is 1.00 bits per heavy atom. The van der Waals surface area contributed by atoms with Gasteiger partial charge in [-0.3, -0.25) is 10.2 Å². The van der Waals surface area contributed by atoms with Gasteiger partial charge in [0.2, 0.25) is 5.78 Å². The van der Waals surface area contributed by atoms with Gasteiger partial charge >= 0.3 is 0 Å². The Morgan fingerprint density at radius 3 is 2.40 bits per heavy atom. The van der Waals surface area contributed by atoms with Crippen molar-refractivity contribution in [3.8, 4) is 5.75 Å². The van der Waals surface area contributed by atoms with Gasteiger partial charge in [0, 0.05) is 18.7 Å². The number of hydrogen-bond acceptors (Lipinski definition) is 4. The molecule has 2 aromatic carbocycles. The Labute approximate surface area is 148 Å². The number of likely N-dealkylation sites (tertiary alicyclic amines) is 1. The molecule has 0 radical (unpaired) electrons. The van der Waals surface area contributed by atoms with E-state index in [0.717, 1.165) is 31.6 Å². The summed E-state index contributed by atoms with van der Waals surface area (Å²) in [6.45, 7) is 1.70. The smallest absolute Gasteiger partial charge is 0.229 e. The number of carbonyl (C=O) groups is 1. The molecule has 1 saturated heterocycles. The van der Waals surface area contributed by atoms with Crippen LogP contribution in [0.2, 0.25) is 0 Å². The number of benzene rings is 2. The van der Waals surface area contributed by atoms with Crippen LogP contribution in [0.1, 0.15) is 29.6 Å². The molecular weight excluding hydrogens is 314 g/mol. The number of piperidine rings is 1. The third kappa shape index (κ3) is 4.18. The van der Waals surface area contributed by atoms with Gasteiger partial charge in [0.05, 0.1) is 12.8 Å². The second-order valence-corrected chi connectivity index (χ2v) is 5.99. The van der Waals surface area contributed by atoms with Gasteiger partial charge in [0.15, 0.2) is 5.84 Å². The van der Waals surface area contributed by atoms with Crippen LogP contribution in [0.5, 0.6) is 5.75 Å². The van der Waals surface area contributed by atoms with Crippen LogP contribution in [0.15, 0.2) is 59.7 Å². The van der Waals surface area contributed by atoms with Crippen LogP contribution < -0.4 is 10.2 Å². The van der Waals surface area contributed by atoms with E-state index >= 15 is 0 Å². The topological polar surface area (TPSA) is 53.9 Å². The number of methoxy groups -OCH3 is 1. The first kappa shape index (κ1) is 17.0. The summed E-state index contributed by atoms with van der Waals surface area (Å²) in [5.74, 6) is 1.08. The van der Waals surface area contributed by atoms with Gasteiger partial charge < -0.3 is 9.64 Å². The van der Waals surface area contributed by atoms with Crippen molar-refractivity contribution in [2.45, 2.75) is 19.3 Å². The number of hydrogen-bond donors (Lipinski definition) is 1. The highest BCUT2D eigenvalue weighted by molar-refractivity contribution is 6.45. The molecule has 1 heterocycles. The first-order valence-electron chi connectivity index (χ1n) is 8.61. The minimum Gasteiger partial charge on any atom is -0.495 e. The SMILES string of the molecule is COc1ccccc1N/N=C(\C(=O)c1ccccc1)N1CCCCC1. The van der Waals surface area contributed by atoms with Gasteiger partial charge in [-0.1, -0.05) is 42.5 Å². The fourth-order valence-electron chi connectivity index (χ4n) is 2.94. The van der Waals surface area contributed by atoms with E-state index in [-0.39, 0.29) is 5.78 Å². The lowest BCUT2D eigenvalue weighted by atomic mass is 10.1. The minimum atomic E-state index is -0.0649. The zero-order valence-corrected chi connectivity index (χ0v) is 14.4. The van der Waals surface area contributed by atoms with Gasteiger partial charge in [0.1, 0.15) is 5.75 Å². The van der Waals surface area contributed by atoms with Crippen molar-refractivity contribution < 1.29 is 9.53 Å². The monoisotopic (exact) mass is 337 g/mol. The van der Waals surface area contributed by atoms with Crippen molar-refractivity contribution in [2.24, 2.45) is 5.10 Å². The number of nitrogens with zero attached hydrogens (tertiary/aromatic N) is 2. The van der Waals surface area contributed by atoms with E-state index < -0.39 is 0 Å². The Bertz CT molecular complexity index is 738. The molecule has 0 atom stereocenters. The molecule has 130 valence electrons. The second kappa shape index (κ2) is 8.33. The number of amidine groups is 1. The second-order valence-electron chi connectivity index (χ2n) is 5.99. The third-order valence-electron chi connectivity index (χ3n) is 4.28. The molecule has 2 aromatic rings. The first-order chi connectivity index (χ1) is 12.3. The fraction of sp³-hybridized carbons (Fsp3) is 0.300. The van der Waals surface area contributed by atoms with Crippen molar-refractivity contribution >= 4 is 17.3 Å². The highest BCUT2D eigenvalue weighted by atomic mass is 16.5. The predicted octanol–water partition coefficient (Wildman–Crippen LogP) is 3.79. The Hall–Kier alpha value is -2.82. The highest BCUT2D eigenvalue weighted by Crippen LogP contribution is 2.23. The van der Waals surface area contributed by atoms with Crippen LogP contribution in [-0.4, -0.2) is 36.7 Å². The molecule has 1 N–H and O–H groups in total. The molecule has 5 nitrogen and oxygen atoms in total. The van der Waals surface area contributed by atoms with Gasteiger partial charge in [0.25, 0.3) is 0 Å². The summed E-state index contributed by atoms with van der Waals surface area (Å²) in [7, 11) is 1.62. The van der Waals surface area contributed by atoms with E-state index in [0.29, 0.717) is 17.1 Å². The van der Waals surface area contributed by atoms with Gasteiger partial charge in [-0.2, -0.15) is 5.10 Å². The minimum absolute atomic E-state index is 0.0649. The number of nitrogens with one attached hydrogen (secondary N) is 1. The van der Waals surface area contributed by atoms with Crippen LogP contribution in [0.3, 0.4) is 0 Å². The standard InChI is InChI=1S/C20H23N3O2/c1-25-18-13-7-6-12-17(18)21-22-20(23-14-8-3-9-15-23)19(24)16-10-4-2-5-11-16/h2,4-7,10-13,21H,3,8-9,14-15H2,1H3/b22-20+. The number of Topliss-reactive ketones (excluding diaryl/α,β-unsaturated/α-hetero) is 1. The number of anilines is 1. The maximum atomic E-state index is 13.0. The number of carbonyl (C=O) groups excluding carboxylic acids is 1. The maximum absolute atomic E-state index is 13.0. The maximum Gasteiger partial charge on any atom is 0.229 e. The number of ketones is 1. The molecule has 1 fully saturated rings. The van der Waals surface area contributed by atoms with Crippen molar-refractivity contribution in [3.63, 3.8) is 0 Å². The van der Waals surface area contributed by atoms with Crippen LogP contribution in [0.4, 0.5) is 5.69 Å². The third-order valence-corrected chi connectivity index (χ3v) is 4.28. The van der Waals surface area contributed by atoms with Crippen LogP contribution in [0, 0.1) is 0 Å². The summed E-state index contributed by atoms with van der Waals surface area (Å²) >= 11 is 0. The van der Waals surface area contributed by atoms with Gasteiger partial charge in [-0.25, -0.2) is 0 Å². The summed E-state index contributed by atoms with van der Waals surface area (Å²) < 4.78 is 5.34. The van der Waals surface area contributed by atoms with Gasteiger partial charge in [-0.15, -0.1) is 0 Å². The predicted molar refractivity (Wildman–Crippen MR) is 100 cm³/mol. The van der Waals surface area contributed by atoms with Crippen molar-refractivity contribution in [1.29, 1.82) is 0 Å². The van der Waals surface area contributed by atoms with Crippen LogP contribution in [-0.2, 0) is 0 Å². The summed E-state index contributed by atoms with van der Waals surface area (Å²) in [4.78, 5) is 15.0. The van der Waals surface area contributed by atoms with Gasteiger partial charge in [-0.05, 0) is 31.4 Å². The first-order valence-corrected chi connectivity index (χ1v) is 8.61. The molecule has 1 aliphatic rings. The summed E-state index contributed by atoms with van der Waals surface area (Å²) in [6, 6.07) is 16.8. The Kier molecular flexibility index (Phi) is 5.67. The number of hydrazone groups is 1. The quantitative estimate of drug-likeness (QED) is 0.390. The highest BCUT2D eigenvalue weighted by Gasteiger charge is 2.23. The summed E-state index contributed by atoms with van der Waals surface area (Å²) in [5, 5.41) is 4.47. The van der Waals surface area contributed by atoms with Crippen molar-refractivity contribution in [1.82, 2.24) is 4.90 Å². The molecule has 0 bridgehead atoms. The molecule has 0 unspecified atom stereocenters. The lowest BCUT2D eigenvalue weighted by Gasteiger charge is -2.29. The Morgan fingerprint density at radius 2 is 1.68 bits per heavy atom. The average molecular weight is 337 g/mol. The molecule has 0 amide bonds. The largest absolute Gasteiger partial charge is 0.495 e. The Balaban J connectivity index is 1.89. The molecule has 0 saturated carbocycles. The van der Waals surface area contributed by atoms with E-state index in [1.807, 2.05) is 54.6 Å². The molecule has 25 heavy (non-hydrogen) atoms. The zero-order valence-electron chi connectivity index (χ0n) is 14.4. The van der Waals surface area contributed by atoms with E-state index in [1.54, 1.807) is 7.11 Å². The van der Waals surface area contributed by atoms with E-state index in [9.17, 15) is 4.79 Å². The lowest BCUT2D eigenvalue weighted by molar-refractivity contribution is 0.104. The van der Waals surface area contributed by atoms with Crippen LogP contribution in [0.25, 0.3) is 0 Å². The summed E-state index contributed by atoms with van der Waals surface area (Å²) in [6.07, 6.45) is 3.36. The molecule has 5 heteroatoms. The summed E-state index contributed by atoms with van der Waals surface area (Å²) in [5.41, 5.74) is 4.40. The fourth-order valence-corrected chi connectivity index (χ4v) is 2.94. The van der Waals surface area contributed by atoms with E-state index in [1.165, 1.54) is 6.42 Å². The van der Waals surface area contributed by atoms with Crippen molar-refractivity contribution in [2.75, 3.05) is 25.6 Å².